The third-order valence-corrected chi connectivity index (χ3v) is 3.44. The van der Waals surface area contributed by atoms with Crippen molar-refractivity contribution in [3.8, 4) is 0 Å². The maximum atomic E-state index is 3.43. The molecule has 0 saturated heterocycles. The van der Waals surface area contributed by atoms with Gasteiger partial charge in [0.2, 0.25) is 0 Å². The third kappa shape index (κ3) is 1.00. The first kappa shape index (κ1) is 7.21. The average Bonchev–Trinajstić information content (AvgIpc) is 2.56. The predicted octanol–water partition coefficient (Wildman–Crippen LogP) is 2.74. The molecule has 0 aliphatic carbocycles. The second-order valence-corrected chi connectivity index (χ2v) is 4.21. The van der Waals surface area contributed by atoms with Gasteiger partial charge in [0, 0.05) is 23.2 Å². The highest BCUT2D eigenvalue weighted by Gasteiger charge is 2.13. The molecule has 0 unspecified atom stereocenters. The van der Waals surface area contributed by atoms with Gasteiger partial charge in [-0.25, -0.2) is 0 Å². The minimum absolute atomic E-state index is 1.02. The smallest absolute Gasteiger partial charge is 0.113 e. The SMILES string of the molecule is c1ccc2c3c(sc2c1)NCCN3. The van der Waals surface area contributed by atoms with Gasteiger partial charge in [-0.05, 0) is 6.07 Å². The number of rotatable bonds is 0. The second kappa shape index (κ2) is 2.64. The van der Waals surface area contributed by atoms with Crippen molar-refractivity contribution in [3.05, 3.63) is 24.3 Å². The zero-order chi connectivity index (χ0) is 8.67. The maximum Gasteiger partial charge on any atom is 0.113 e. The summed E-state index contributed by atoms with van der Waals surface area (Å²) in [6.07, 6.45) is 0. The molecule has 1 aromatic heterocycles. The Balaban J connectivity index is 2.34. The Bertz CT molecular complexity index is 447. The van der Waals surface area contributed by atoms with Gasteiger partial charge in [-0.2, -0.15) is 0 Å². The Morgan fingerprint density at radius 2 is 1.92 bits per heavy atom. The van der Waals surface area contributed by atoms with Gasteiger partial charge >= 0.3 is 0 Å². The Kier molecular flexibility index (Phi) is 1.46. The quantitative estimate of drug-likeness (QED) is 0.667. The molecule has 1 aliphatic heterocycles. The van der Waals surface area contributed by atoms with Crippen molar-refractivity contribution in [1.82, 2.24) is 0 Å². The van der Waals surface area contributed by atoms with Gasteiger partial charge in [0.05, 0.1) is 5.69 Å². The summed E-state index contributed by atoms with van der Waals surface area (Å²) in [6.45, 7) is 2.05. The fourth-order valence-corrected chi connectivity index (χ4v) is 2.81. The van der Waals surface area contributed by atoms with Crippen LogP contribution in [0, 0.1) is 0 Å². The molecule has 2 nitrogen and oxygen atoms in total. The highest BCUT2D eigenvalue weighted by molar-refractivity contribution is 7.23. The van der Waals surface area contributed by atoms with E-state index in [2.05, 4.69) is 34.9 Å². The summed E-state index contributed by atoms with van der Waals surface area (Å²) in [5, 5.41) is 9.47. The normalized spacial score (nSPS) is 14.8. The van der Waals surface area contributed by atoms with Gasteiger partial charge in [0.15, 0.2) is 0 Å². The van der Waals surface area contributed by atoms with Crippen molar-refractivity contribution in [1.29, 1.82) is 0 Å². The van der Waals surface area contributed by atoms with Crippen LogP contribution in [-0.2, 0) is 0 Å². The summed E-state index contributed by atoms with van der Waals surface area (Å²) in [6, 6.07) is 8.52. The molecule has 3 rings (SSSR count). The fourth-order valence-electron chi connectivity index (χ4n) is 1.71. The number of fused-ring (bicyclic) bond motifs is 3. The van der Waals surface area contributed by atoms with Crippen LogP contribution in [-0.4, -0.2) is 13.1 Å². The van der Waals surface area contributed by atoms with Crippen LogP contribution in [0.25, 0.3) is 10.1 Å². The molecule has 3 heteroatoms. The van der Waals surface area contributed by atoms with E-state index in [1.807, 2.05) is 11.3 Å². The number of thiophene rings is 1. The Labute approximate surface area is 80.6 Å². The van der Waals surface area contributed by atoms with Crippen LogP contribution >= 0.6 is 11.3 Å². The first-order chi connectivity index (χ1) is 6.45. The second-order valence-electron chi connectivity index (χ2n) is 3.16. The summed E-state index contributed by atoms with van der Waals surface area (Å²) >= 11 is 1.83. The molecule has 0 spiro atoms. The fraction of sp³-hybridized carbons (Fsp3) is 0.200. The molecule has 0 amide bonds. The van der Waals surface area contributed by atoms with Gasteiger partial charge in [-0.1, -0.05) is 18.2 Å². The van der Waals surface area contributed by atoms with E-state index in [4.69, 9.17) is 0 Å². The maximum absolute atomic E-state index is 3.43. The average molecular weight is 190 g/mol. The number of hydrogen-bond donors (Lipinski definition) is 2. The monoisotopic (exact) mass is 190 g/mol. The lowest BCUT2D eigenvalue weighted by atomic mass is 10.2. The third-order valence-electron chi connectivity index (χ3n) is 2.31. The summed E-state index contributed by atoms with van der Waals surface area (Å²) in [7, 11) is 0. The Morgan fingerprint density at radius 3 is 2.92 bits per heavy atom. The minimum atomic E-state index is 1.02. The predicted molar refractivity (Wildman–Crippen MR) is 58.8 cm³/mol. The Hall–Kier alpha value is -1.22. The number of nitrogens with one attached hydrogen (secondary N) is 2. The molecule has 0 radical (unpaired) electrons. The van der Waals surface area contributed by atoms with E-state index in [1.165, 1.54) is 20.8 Å². The van der Waals surface area contributed by atoms with Crippen molar-refractivity contribution in [2.24, 2.45) is 0 Å². The van der Waals surface area contributed by atoms with E-state index in [0.717, 1.165) is 13.1 Å². The van der Waals surface area contributed by atoms with Crippen LogP contribution in [0.1, 0.15) is 0 Å². The molecule has 0 fully saturated rings. The van der Waals surface area contributed by atoms with Crippen LogP contribution < -0.4 is 10.6 Å². The lowest BCUT2D eigenvalue weighted by molar-refractivity contribution is 1.06. The van der Waals surface area contributed by atoms with Crippen molar-refractivity contribution in [3.63, 3.8) is 0 Å². The molecule has 66 valence electrons. The van der Waals surface area contributed by atoms with Gasteiger partial charge in [-0.3, -0.25) is 0 Å². The molecular formula is C10H10N2S. The van der Waals surface area contributed by atoms with Gasteiger partial charge in [0.25, 0.3) is 0 Å². The van der Waals surface area contributed by atoms with E-state index >= 15 is 0 Å². The molecule has 0 bridgehead atoms. The zero-order valence-corrected chi connectivity index (χ0v) is 7.95. The molecule has 0 atom stereocenters. The van der Waals surface area contributed by atoms with Crippen LogP contribution in [0.5, 0.6) is 0 Å². The van der Waals surface area contributed by atoms with E-state index in [9.17, 15) is 0 Å². The molecular weight excluding hydrogens is 180 g/mol. The highest BCUT2D eigenvalue weighted by Crippen LogP contribution is 2.40. The number of anilines is 2. The van der Waals surface area contributed by atoms with Gasteiger partial charge < -0.3 is 10.6 Å². The van der Waals surface area contributed by atoms with Crippen molar-refractivity contribution < 1.29 is 0 Å². The van der Waals surface area contributed by atoms with E-state index in [1.54, 1.807) is 0 Å². The molecule has 1 aromatic carbocycles. The lowest BCUT2D eigenvalue weighted by Crippen LogP contribution is -2.18. The lowest BCUT2D eigenvalue weighted by Gasteiger charge is -2.15. The van der Waals surface area contributed by atoms with Crippen LogP contribution in [0.4, 0.5) is 10.7 Å². The molecule has 2 N–H and O–H groups in total. The van der Waals surface area contributed by atoms with Gasteiger partial charge in [0.1, 0.15) is 5.00 Å². The summed E-state index contributed by atoms with van der Waals surface area (Å²) in [4.78, 5) is 0. The molecule has 2 heterocycles. The zero-order valence-electron chi connectivity index (χ0n) is 7.13. The largest absolute Gasteiger partial charge is 0.380 e. The van der Waals surface area contributed by atoms with Crippen molar-refractivity contribution in [2.45, 2.75) is 0 Å². The van der Waals surface area contributed by atoms with E-state index < -0.39 is 0 Å². The molecule has 13 heavy (non-hydrogen) atoms. The van der Waals surface area contributed by atoms with Crippen LogP contribution in [0.15, 0.2) is 24.3 Å². The van der Waals surface area contributed by atoms with Crippen molar-refractivity contribution >= 4 is 32.1 Å². The number of benzene rings is 1. The first-order valence-electron chi connectivity index (χ1n) is 4.44. The molecule has 0 saturated carbocycles. The standard InChI is InChI=1S/C10H10N2S/c1-2-4-8-7(3-1)9-10(13-8)12-6-5-11-9/h1-4,11-12H,5-6H2. The van der Waals surface area contributed by atoms with E-state index in [-0.39, 0.29) is 0 Å². The number of hydrogen-bond acceptors (Lipinski definition) is 3. The first-order valence-corrected chi connectivity index (χ1v) is 5.26. The minimum Gasteiger partial charge on any atom is -0.380 e. The molecule has 1 aliphatic rings. The Morgan fingerprint density at radius 1 is 1.08 bits per heavy atom. The van der Waals surface area contributed by atoms with E-state index in [0.29, 0.717) is 0 Å². The van der Waals surface area contributed by atoms with Crippen molar-refractivity contribution in [2.75, 3.05) is 23.7 Å². The summed E-state index contributed by atoms with van der Waals surface area (Å²) < 4.78 is 1.36. The topological polar surface area (TPSA) is 24.1 Å². The molecule has 2 aromatic rings. The summed E-state index contributed by atoms with van der Waals surface area (Å²) in [5.74, 6) is 0. The van der Waals surface area contributed by atoms with Crippen LogP contribution in [0.3, 0.4) is 0 Å². The van der Waals surface area contributed by atoms with Crippen LogP contribution in [0.2, 0.25) is 0 Å². The van der Waals surface area contributed by atoms with Gasteiger partial charge in [-0.15, -0.1) is 11.3 Å². The summed E-state index contributed by atoms with van der Waals surface area (Å²) in [5.41, 5.74) is 1.28. The highest BCUT2D eigenvalue weighted by atomic mass is 32.1.